The summed E-state index contributed by atoms with van der Waals surface area (Å²) in [6.45, 7) is 3.68. The highest BCUT2D eigenvalue weighted by molar-refractivity contribution is 4.96. The smallest absolute Gasteiger partial charge is 0.144 e. The number of nitrogens with zero attached hydrogens (tertiary/aromatic N) is 1. The molecule has 0 aliphatic carbocycles. The predicted molar refractivity (Wildman–Crippen MR) is 33.9 cm³/mol. The third-order valence-electron chi connectivity index (χ3n) is 1.14. The van der Waals surface area contributed by atoms with E-state index in [0.717, 1.165) is 11.4 Å². The van der Waals surface area contributed by atoms with Crippen LogP contribution in [-0.4, -0.2) is 9.97 Å². The van der Waals surface area contributed by atoms with Gasteiger partial charge in [0.2, 0.25) is 0 Å². The van der Waals surface area contributed by atoms with Crippen molar-refractivity contribution < 1.29 is 0 Å². The van der Waals surface area contributed by atoms with Crippen LogP contribution in [0.15, 0.2) is 6.20 Å². The lowest BCUT2D eigenvalue weighted by Crippen LogP contribution is -2.12. The lowest BCUT2D eigenvalue weighted by molar-refractivity contribution is 0.950. The molecule has 0 spiro atoms. The Hall–Kier alpha value is -1.12. The molecule has 0 aliphatic heterocycles. The zero-order valence-electron chi connectivity index (χ0n) is 5.52. The van der Waals surface area contributed by atoms with Crippen LogP contribution < -0.4 is 5.49 Å². The van der Waals surface area contributed by atoms with Crippen molar-refractivity contribution in [3.8, 4) is 0 Å². The molecule has 0 unspecified atom stereocenters. The molecular formula is C6H9N3. The van der Waals surface area contributed by atoms with Crippen molar-refractivity contribution >= 4 is 0 Å². The highest BCUT2D eigenvalue weighted by Crippen LogP contribution is 1.82. The first kappa shape index (κ1) is 6.01. The summed E-state index contributed by atoms with van der Waals surface area (Å²) in [6.07, 6.45) is 1.72. The van der Waals surface area contributed by atoms with Crippen LogP contribution in [0.5, 0.6) is 0 Å². The Balaban J connectivity index is 3.34. The molecule has 3 heteroatoms. The maximum absolute atomic E-state index is 7.24. The van der Waals surface area contributed by atoms with E-state index in [0.29, 0.717) is 5.49 Å². The topological polar surface area (TPSA) is 52.5 Å². The number of aromatic amines is 1. The van der Waals surface area contributed by atoms with E-state index in [-0.39, 0.29) is 0 Å². The Kier molecular flexibility index (Phi) is 1.34. The first-order valence-corrected chi connectivity index (χ1v) is 2.77. The van der Waals surface area contributed by atoms with Crippen LogP contribution in [0.2, 0.25) is 0 Å². The Labute approximate surface area is 53.3 Å². The van der Waals surface area contributed by atoms with Crippen molar-refractivity contribution in [3.05, 3.63) is 23.1 Å². The van der Waals surface area contributed by atoms with Gasteiger partial charge in [0.05, 0.1) is 5.69 Å². The second kappa shape index (κ2) is 2.01. The van der Waals surface area contributed by atoms with Crippen LogP contribution in [0.25, 0.3) is 0 Å². The van der Waals surface area contributed by atoms with Crippen LogP contribution in [0, 0.1) is 19.3 Å². The Morgan fingerprint density at radius 3 is 2.67 bits per heavy atom. The largest absolute Gasteiger partial charge is 0.342 e. The van der Waals surface area contributed by atoms with E-state index in [1.807, 2.05) is 6.92 Å². The molecule has 0 atom stereocenters. The Morgan fingerprint density at radius 1 is 1.56 bits per heavy atom. The number of aromatic nitrogens is 2. The zero-order valence-corrected chi connectivity index (χ0v) is 5.52. The van der Waals surface area contributed by atoms with Crippen LogP contribution in [0.1, 0.15) is 11.4 Å². The molecule has 0 saturated carbocycles. The van der Waals surface area contributed by atoms with Crippen LogP contribution in [-0.2, 0) is 0 Å². The highest BCUT2D eigenvalue weighted by atomic mass is 14.8. The van der Waals surface area contributed by atoms with Crippen LogP contribution >= 0.6 is 0 Å². The van der Waals surface area contributed by atoms with Crippen molar-refractivity contribution in [1.82, 2.24) is 9.97 Å². The summed E-state index contributed by atoms with van der Waals surface area (Å²) in [4.78, 5) is 6.80. The molecule has 3 nitrogen and oxygen atoms in total. The van der Waals surface area contributed by atoms with Gasteiger partial charge in [-0.15, -0.1) is 0 Å². The van der Waals surface area contributed by atoms with Crippen LogP contribution in [0.3, 0.4) is 0 Å². The molecule has 1 aromatic heterocycles. The van der Waals surface area contributed by atoms with Gasteiger partial charge in [-0.25, -0.2) is 0 Å². The van der Waals surface area contributed by atoms with Gasteiger partial charge >= 0.3 is 0 Å². The van der Waals surface area contributed by atoms with Gasteiger partial charge in [0.15, 0.2) is 0 Å². The predicted octanol–water partition coefficient (Wildman–Crippen LogP) is 0.506. The van der Waals surface area contributed by atoms with E-state index in [1.165, 1.54) is 0 Å². The van der Waals surface area contributed by atoms with E-state index < -0.39 is 0 Å². The number of hydrogen-bond acceptors (Lipinski definition) is 2. The summed E-state index contributed by atoms with van der Waals surface area (Å²) in [6, 6.07) is 0. The number of H-pyrrole nitrogens is 1. The lowest BCUT2D eigenvalue weighted by atomic mass is 10.4. The quantitative estimate of drug-likeness (QED) is 0.518. The van der Waals surface area contributed by atoms with Crippen molar-refractivity contribution in [3.63, 3.8) is 0 Å². The molecular weight excluding hydrogens is 114 g/mol. The van der Waals surface area contributed by atoms with Gasteiger partial charge in [-0.3, -0.25) is 10.4 Å². The molecule has 1 rings (SSSR count). The molecule has 0 aliphatic rings. The third kappa shape index (κ3) is 1.16. The van der Waals surface area contributed by atoms with Gasteiger partial charge in [0.1, 0.15) is 5.49 Å². The Morgan fingerprint density at radius 2 is 2.22 bits per heavy atom. The fourth-order valence-corrected chi connectivity index (χ4v) is 0.578. The third-order valence-corrected chi connectivity index (χ3v) is 1.14. The van der Waals surface area contributed by atoms with E-state index in [9.17, 15) is 0 Å². The summed E-state index contributed by atoms with van der Waals surface area (Å²) in [7, 11) is 0. The first-order chi connectivity index (χ1) is 4.20. The van der Waals surface area contributed by atoms with E-state index in [4.69, 9.17) is 5.41 Å². The molecule has 0 saturated heterocycles. The average Bonchev–Trinajstić information content (AvgIpc) is 1.80. The van der Waals surface area contributed by atoms with Gasteiger partial charge in [-0.1, -0.05) is 0 Å². The maximum atomic E-state index is 7.24. The Bertz CT molecular complexity index is 261. The molecule has 0 bridgehead atoms. The summed E-state index contributed by atoms with van der Waals surface area (Å²) in [5.41, 5.74) is 2.06. The normalized spacial score (nSPS) is 9.56. The van der Waals surface area contributed by atoms with Crippen molar-refractivity contribution in [2.45, 2.75) is 13.8 Å². The molecule has 0 aromatic carbocycles. The SMILES string of the molecule is Cc1cnc(C)c(=N)[nH]1. The molecule has 0 amide bonds. The van der Waals surface area contributed by atoms with Gasteiger partial charge in [0.25, 0.3) is 0 Å². The fraction of sp³-hybridized carbons (Fsp3) is 0.333. The van der Waals surface area contributed by atoms with Gasteiger partial charge in [-0.05, 0) is 13.8 Å². The van der Waals surface area contributed by atoms with E-state index >= 15 is 0 Å². The maximum Gasteiger partial charge on any atom is 0.144 e. The summed E-state index contributed by atoms with van der Waals surface area (Å²) >= 11 is 0. The van der Waals surface area contributed by atoms with Gasteiger partial charge in [-0.2, -0.15) is 0 Å². The second-order valence-corrected chi connectivity index (χ2v) is 2.03. The monoisotopic (exact) mass is 123 g/mol. The molecule has 0 fully saturated rings. The zero-order chi connectivity index (χ0) is 6.85. The number of rotatable bonds is 0. The molecule has 2 N–H and O–H groups in total. The molecule has 48 valence electrons. The first-order valence-electron chi connectivity index (χ1n) is 2.77. The van der Waals surface area contributed by atoms with Gasteiger partial charge < -0.3 is 4.98 Å². The fourth-order valence-electron chi connectivity index (χ4n) is 0.578. The highest BCUT2D eigenvalue weighted by Gasteiger charge is 1.87. The van der Waals surface area contributed by atoms with Crippen molar-refractivity contribution in [1.29, 1.82) is 5.41 Å². The molecule has 9 heavy (non-hydrogen) atoms. The average molecular weight is 123 g/mol. The second-order valence-electron chi connectivity index (χ2n) is 2.03. The molecule has 1 heterocycles. The van der Waals surface area contributed by atoms with Crippen LogP contribution in [0.4, 0.5) is 0 Å². The van der Waals surface area contributed by atoms with E-state index in [2.05, 4.69) is 9.97 Å². The minimum Gasteiger partial charge on any atom is -0.342 e. The summed E-state index contributed by atoms with van der Waals surface area (Å²) in [5, 5.41) is 7.24. The summed E-state index contributed by atoms with van der Waals surface area (Å²) < 4.78 is 0. The molecule has 1 aromatic rings. The van der Waals surface area contributed by atoms with Crippen molar-refractivity contribution in [2.75, 3.05) is 0 Å². The minimum atomic E-state index is 0.398. The molecule has 0 radical (unpaired) electrons. The van der Waals surface area contributed by atoms with Crippen molar-refractivity contribution in [2.24, 2.45) is 0 Å². The van der Waals surface area contributed by atoms with Gasteiger partial charge in [0, 0.05) is 11.9 Å². The minimum absolute atomic E-state index is 0.398. The number of aryl methyl sites for hydroxylation is 2. The van der Waals surface area contributed by atoms with E-state index in [1.54, 1.807) is 13.1 Å². The number of nitrogens with one attached hydrogen (secondary N) is 2. The standard InChI is InChI=1S/C6H9N3/c1-4-3-8-5(2)6(7)9-4/h3H,1-2H3,(H2,7,9). The number of hydrogen-bond donors (Lipinski definition) is 2. The lowest BCUT2D eigenvalue weighted by Gasteiger charge is -1.92. The summed E-state index contributed by atoms with van der Waals surface area (Å²) in [5.74, 6) is 0.